The van der Waals surface area contributed by atoms with Crippen molar-refractivity contribution in [2.24, 2.45) is 0 Å². The molecule has 1 unspecified atom stereocenters. The number of ether oxygens (including phenoxy) is 1. The van der Waals surface area contributed by atoms with Gasteiger partial charge >= 0.3 is 0 Å². The van der Waals surface area contributed by atoms with Crippen molar-refractivity contribution in [1.29, 1.82) is 0 Å². The van der Waals surface area contributed by atoms with Crippen LogP contribution in [0.15, 0.2) is 24.4 Å². The topological polar surface area (TPSA) is 95.1 Å². The summed E-state index contributed by atoms with van der Waals surface area (Å²) in [5.74, 6) is 1.21. The number of benzene rings is 1. The maximum Gasteiger partial charge on any atom is 0.233 e. The molecule has 30 heavy (non-hydrogen) atoms. The maximum atomic E-state index is 13.3. The summed E-state index contributed by atoms with van der Waals surface area (Å²) in [5.41, 5.74) is 6.86. The Balaban J connectivity index is 1.24. The predicted octanol–water partition coefficient (Wildman–Crippen LogP) is 3.46. The van der Waals surface area contributed by atoms with Crippen molar-refractivity contribution >= 4 is 23.4 Å². The summed E-state index contributed by atoms with van der Waals surface area (Å²) in [7, 11) is 0. The number of halogens is 1. The highest BCUT2D eigenvalue weighted by atomic mass is 32.2. The number of rotatable bonds is 6. The van der Waals surface area contributed by atoms with E-state index < -0.39 is 5.82 Å². The van der Waals surface area contributed by atoms with E-state index in [1.54, 1.807) is 11.8 Å². The molecule has 2 fully saturated rings. The van der Waals surface area contributed by atoms with Crippen molar-refractivity contribution in [2.45, 2.75) is 68.9 Å². The van der Waals surface area contributed by atoms with Gasteiger partial charge in [-0.05, 0) is 56.4 Å². The first-order valence-corrected chi connectivity index (χ1v) is 11.6. The number of nitrogens with one attached hydrogen (secondary N) is 1. The molecular formula is C21H28FN5O2S. The summed E-state index contributed by atoms with van der Waals surface area (Å²) in [4.78, 5) is 12.4. The van der Waals surface area contributed by atoms with Crippen LogP contribution in [0, 0.1) is 5.82 Å². The molecule has 1 aliphatic heterocycles. The Kier molecular flexibility index (Phi) is 6.76. The van der Waals surface area contributed by atoms with Crippen LogP contribution < -0.4 is 15.8 Å². The quantitative estimate of drug-likeness (QED) is 0.678. The summed E-state index contributed by atoms with van der Waals surface area (Å²) in [6, 6.07) is 4.55. The first-order chi connectivity index (χ1) is 14.6. The average Bonchev–Trinajstić information content (AvgIpc) is 3.24. The van der Waals surface area contributed by atoms with E-state index in [0.29, 0.717) is 17.1 Å². The van der Waals surface area contributed by atoms with Gasteiger partial charge in [0.2, 0.25) is 5.91 Å². The highest BCUT2D eigenvalue weighted by Gasteiger charge is 2.28. The van der Waals surface area contributed by atoms with Gasteiger partial charge in [0.1, 0.15) is 23.9 Å². The van der Waals surface area contributed by atoms with Crippen molar-refractivity contribution in [1.82, 2.24) is 20.3 Å². The third-order valence-corrected chi connectivity index (χ3v) is 7.17. The minimum Gasteiger partial charge on any atom is -0.485 e. The second kappa shape index (κ2) is 9.68. The molecule has 2 aliphatic rings. The molecule has 9 heteroatoms. The first kappa shape index (κ1) is 21.0. The van der Waals surface area contributed by atoms with E-state index in [9.17, 15) is 9.18 Å². The second-order valence-electron chi connectivity index (χ2n) is 8.03. The number of thioether (sulfide) groups is 1. The zero-order valence-corrected chi connectivity index (χ0v) is 17.7. The molecule has 1 saturated carbocycles. The first-order valence-electron chi connectivity index (χ1n) is 10.6. The molecular weight excluding hydrogens is 405 g/mol. The lowest BCUT2D eigenvalue weighted by atomic mass is 9.91. The fourth-order valence-corrected chi connectivity index (χ4v) is 5.28. The van der Waals surface area contributed by atoms with Crippen molar-refractivity contribution in [3.05, 3.63) is 35.9 Å². The molecule has 0 spiro atoms. The summed E-state index contributed by atoms with van der Waals surface area (Å²) >= 11 is 1.79. The van der Waals surface area contributed by atoms with Crippen molar-refractivity contribution in [3.63, 3.8) is 0 Å². The Hall–Kier alpha value is -2.29. The van der Waals surface area contributed by atoms with E-state index in [1.807, 2.05) is 10.9 Å². The van der Waals surface area contributed by atoms with Crippen LogP contribution in [0.5, 0.6) is 5.75 Å². The zero-order valence-electron chi connectivity index (χ0n) is 16.9. The van der Waals surface area contributed by atoms with Crippen molar-refractivity contribution in [3.8, 4) is 5.75 Å². The number of carbonyl (C=O) groups is 1. The molecule has 1 aromatic heterocycles. The van der Waals surface area contributed by atoms with Gasteiger partial charge in [-0.1, -0.05) is 11.6 Å². The molecule has 2 heterocycles. The third kappa shape index (κ3) is 5.24. The summed E-state index contributed by atoms with van der Waals surface area (Å²) in [6.45, 7) is 0.179. The molecule has 1 amide bonds. The van der Waals surface area contributed by atoms with Gasteiger partial charge in [-0.15, -0.1) is 16.9 Å². The number of nitrogens with zero attached hydrogens (tertiary/aromatic N) is 3. The van der Waals surface area contributed by atoms with Crippen LogP contribution in [0.4, 0.5) is 10.1 Å². The van der Waals surface area contributed by atoms with E-state index in [4.69, 9.17) is 10.5 Å². The van der Waals surface area contributed by atoms with Gasteiger partial charge in [0.05, 0.1) is 23.2 Å². The molecule has 7 nitrogen and oxygen atoms in total. The molecule has 0 bridgehead atoms. The highest BCUT2D eigenvalue weighted by Crippen LogP contribution is 2.30. The lowest BCUT2D eigenvalue weighted by Crippen LogP contribution is -2.42. The molecule has 2 aromatic rings. The Labute approximate surface area is 179 Å². The number of hydrogen-bond donors (Lipinski definition) is 2. The monoisotopic (exact) mass is 433 g/mol. The number of nitrogen functional groups attached to an aromatic ring is 1. The molecule has 4 rings (SSSR count). The summed E-state index contributed by atoms with van der Waals surface area (Å²) < 4.78 is 20.8. The summed E-state index contributed by atoms with van der Waals surface area (Å²) in [6.07, 6.45) is 9.03. The second-order valence-corrected chi connectivity index (χ2v) is 9.34. The van der Waals surface area contributed by atoms with E-state index in [1.165, 1.54) is 24.6 Å². The lowest BCUT2D eigenvalue weighted by molar-refractivity contribution is -0.121. The van der Waals surface area contributed by atoms with Crippen LogP contribution in [0.2, 0.25) is 0 Å². The van der Waals surface area contributed by atoms with Crippen LogP contribution in [0.1, 0.15) is 56.7 Å². The number of carbonyl (C=O) groups excluding carboxylic acids is 1. The van der Waals surface area contributed by atoms with E-state index in [0.717, 1.165) is 44.3 Å². The van der Waals surface area contributed by atoms with E-state index in [2.05, 4.69) is 15.6 Å². The molecule has 162 valence electrons. The number of amides is 1. The van der Waals surface area contributed by atoms with Gasteiger partial charge < -0.3 is 15.8 Å². The third-order valence-electron chi connectivity index (χ3n) is 5.80. The molecule has 0 radical (unpaired) electrons. The Morgan fingerprint density at radius 2 is 2.10 bits per heavy atom. The van der Waals surface area contributed by atoms with Gasteiger partial charge in [0.15, 0.2) is 0 Å². The van der Waals surface area contributed by atoms with Crippen LogP contribution >= 0.6 is 11.8 Å². The highest BCUT2D eigenvalue weighted by molar-refractivity contribution is 8.00. The SMILES string of the molecule is Nc1ccc(F)cc1OCc1cn(C2CCC(NC(=O)C3CCCCS3)CC2)nn1. The maximum absolute atomic E-state index is 13.3. The van der Waals surface area contributed by atoms with Crippen molar-refractivity contribution in [2.75, 3.05) is 11.5 Å². The van der Waals surface area contributed by atoms with Gasteiger partial charge in [-0.3, -0.25) is 4.79 Å². The standard InChI is InChI=1S/C21H28FN5O2S/c22-14-4-9-18(23)19(11-14)29-13-16-12-27(26-25-16)17-7-5-15(6-8-17)24-21(28)20-3-1-2-10-30-20/h4,9,11-12,15,17,20H,1-3,5-8,10,13,23H2,(H,24,28). The summed E-state index contributed by atoms with van der Waals surface area (Å²) in [5, 5.41) is 11.8. The van der Waals surface area contributed by atoms with Gasteiger partial charge in [-0.2, -0.15) is 0 Å². The van der Waals surface area contributed by atoms with E-state index >= 15 is 0 Å². The zero-order chi connectivity index (χ0) is 20.9. The van der Waals surface area contributed by atoms with Crippen LogP contribution in [-0.4, -0.2) is 37.9 Å². The number of hydrogen-bond acceptors (Lipinski definition) is 6. The van der Waals surface area contributed by atoms with Crippen LogP contribution in [0.25, 0.3) is 0 Å². The van der Waals surface area contributed by atoms with Crippen molar-refractivity contribution < 1.29 is 13.9 Å². The van der Waals surface area contributed by atoms with Gasteiger partial charge in [0, 0.05) is 12.1 Å². The molecule has 1 saturated heterocycles. The van der Waals surface area contributed by atoms with E-state index in [-0.39, 0.29) is 29.8 Å². The Bertz CT molecular complexity index is 863. The van der Waals surface area contributed by atoms with Crippen LogP contribution in [0.3, 0.4) is 0 Å². The fourth-order valence-electron chi connectivity index (χ4n) is 4.07. The molecule has 1 aromatic carbocycles. The normalized spacial score (nSPS) is 24.4. The minimum absolute atomic E-state index is 0.126. The smallest absolute Gasteiger partial charge is 0.233 e. The fraction of sp³-hybridized carbons (Fsp3) is 0.571. The van der Waals surface area contributed by atoms with Crippen LogP contribution in [-0.2, 0) is 11.4 Å². The number of nitrogens with two attached hydrogens (primary N) is 1. The number of anilines is 1. The molecule has 1 atom stereocenters. The van der Waals surface area contributed by atoms with Gasteiger partial charge in [-0.25, -0.2) is 9.07 Å². The Morgan fingerprint density at radius 3 is 2.87 bits per heavy atom. The largest absolute Gasteiger partial charge is 0.485 e. The minimum atomic E-state index is -0.395. The Morgan fingerprint density at radius 1 is 1.27 bits per heavy atom. The molecule has 3 N–H and O–H groups in total. The number of aromatic nitrogens is 3. The average molecular weight is 434 g/mol. The van der Waals surface area contributed by atoms with Gasteiger partial charge in [0.25, 0.3) is 0 Å². The predicted molar refractivity (Wildman–Crippen MR) is 115 cm³/mol. The lowest BCUT2D eigenvalue weighted by Gasteiger charge is -2.30. The molecule has 1 aliphatic carbocycles.